The molecule has 0 radical (unpaired) electrons. The Morgan fingerprint density at radius 3 is 2.67 bits per heavy atom. The second-order valence-corrected chi connectivity index (χ2v) is 3.32. The molecule has 1 atom stereocenters. The molecular weight excluding hydrogens is 202 g/mol. The number of nitrogens with zero attached hydrogens (tertiary/aromatic N) is 1. The fraction of sp³-hybridized carbons (Fsp3) is 0.625. The molecule has 0 saturated carbocycles. The van der Waals surface area contributed by atoms with Crippen LogP contribution in [0.4, 0.5) is 4.79 Å². The molecule has 3 amide bonds. The van der Waals surface area contributed by atoms with Gasteiger partial charge < -0.3 is 16.2 Å². The number of primary amides is 1. The van der Waals surface area contributed by atoms with E-state index in [0.717, 1.165) is 4.90 Å². The van der Waals surface area contributed by atoms with E-state index >= 15 is 0 Å². The molecule has 0 unspecified atom stereocenters. The summed E-state index contributed by atoms with van der Waals surface area (Å²) in [7, 11) is 0. The lowest BCUT2D eigenvalue weighted by atomic mass is 10.2. The van der Waals surface area contributed by atoms with Crippen LogP contribution in [0.15, 0.2) is 0 Å². The van der Waals surface area contributed by atoms with Gasteiger partial charge in [-0.15, -0.1) is 0 Å². The summed E-state index contributed by atoms with van der Waals surface area (Å²) < 4.78 is 0. The summed E-state index contributed by atoms with van der Waals surface area (Å²) in [5.41, 5.74) is 4.85. The van der Waals surface area contributed by atoms with Crippen molar-refractivity contribution < 1.29 is 19.5 Å². The Labute approximate surface area is 86.2 Å². The van der Waals surface area contributed by atoms with Crippen LogP contribution in [0.3, 0.4) is 0 Å². The number of hydrogen-bond acceptors (Lipinski definition) is 3. The second-order valence-electron chi connectivity index (χ2n) is 3.32. The minimum atomic E-state index is -1.12. The predicted octanol–water partition coefficient (Wildman–Crippen LogP) is -1.27. The summed E-state index contributed by atoms with van der Waals surface area (Å²) in [5.74, 6) is -1.11. The second kappa shape index (κ2) is 4.63. The molecule has 15 heavy (non-hydrogen) atoms. The van der Waals surface area contributed by atoms with Gasteiger partial charge in [0.15, 0.2) is 0 Å². The monoisotopic (exact) mass is 215 g/mol. The molecule has 1 saturated heterocycles. The number of carbonyl (C=O) groups is 3. The van der Waals surface area contributed by atoms with E-state index in [0.29, 0.717) is 19.4 Å². The molecule has 84 valence electrons. The molecule has 4 N–H and O–H groups in total. The van der Waals surface area contributed by atoms with Gasteiger partial charge in [-0.05, 0) is 12.8 Å². The maximum absolute atomic E-state index is 11.4. The van der Waals surface area contributed by atoms with Gasteiger partial charge >= 0.3 is 6.09 Å². The number of nitrogens with two attached hydrogens (primary N) is 1. The maximum atomic E-state index is 11.4. The number of carboxylic acid groups (broad SMARTS) is 1. The third kappa shape index (κ3) is 2.83. The van der Waals surface area contributed by atoms with E-state index in [2.05, 4.69) is 5.32 Å². The first-order valence-electron chi connectivity index (χ1n) is 4.58. The average Bonchev–Trinajstić information content (AvgIpc) is 2.62. The Kier molecular flexibility index (Phi) is 3.48. The molecule has 1 aliphatic heterocycles. The third-order valence-corrected chi connectivity index (χ3v) is 2.24. The van der Waals surface area contributed by atoms with Gasteiger partial charge in [-0.25, -0.2) is 4.79 Å². The Bertz CT molecular complexity index is 292. The number of carbonyl (C=O) groups excluding carboxylic acids is 2. The zero-order valence-electron chi connectivity index (χ0n) is 8.10. The number of likely N-dealkylation sites (tertiary alicyclic amines) is 1. The summed E-state index contributed by atoms with van der Waals surface area (Å²) in [6, 6.07) is -0.693. The molecule has 1 fully saturated rings. The third-order valence-electron chi connectivity index (χ3n) is 2.24. The zero-order chi connectivity index (χ0) is 11.4. The molecule has 0 aromatic rings. The molecule has 0 spiro atoms. The zero-order valence-corrected chi connectivity index (χ0v) is 8.10. The summed E-state index contributed by atoms with van der Waals surface area (Å²) in [6.07, 6.45) is 0.0180. The van der Waals surface area contributed by atoms with Crippen molar-refractivity contribution in [1.29, 1.82) is 0 Å². The van der Waals surface area contributed by atoms with Gasteiger partial charge in [0, 0.05) is 6.54 Å². The smallest absolute Gasteiger partial charge is 0.407 e. The SMILES string of the molecule is NC(=O)CNC(=O)[C@H]1CCCN1C(=O)O. The first-order chi connectivity index (χ1) is 7.02. The van der Waals surface area contributed by atoms with Crippen LogP contribution < -0.4 is 11.1 Å². The molecule has 0 bridgehead atoms. The van der Waals surface area contributed by atoms with E-state index in [9.17, 15) is 14.4 Å². The number of nitrogens with one attached hydrogen (secondary N) is 1. The Balaban J connectivity index is 2.51. The van der Waals surface area contributed by atoms with Crippen molar-refractivity contribution in [2.75, 3.05) is 13.1 Å². The van der Waals surface area contributed by atoms with Gasteiger partial charge in [-0.2, -0.15) is 0 Å². The highest BCUT2D eigenvalue weighted by molar-refractivity contribution is 5.89. The van der Waals surface area contributed by atoms with Crippen LogP contribution in [0.2, 0.25) is 0 Å². The van der Waals surface area contributed by atoms with Crippen molar-refractivity contribution >= 4 is 17.9 Å². The summed E-state index contributed by atoms with van der Waals surface area (Å²) in [6.45, 7) is 0.0901. The minimum absolute atomic E-state index is 0.261. The molecular formula is C8H13N3O4. The van der Waals surface area contributed by atoms with Gasteiger partial charge in [0.25, 0.3) is 0 Å². The van der Waals surface area contributed by atoms with E-state index in [4.69, 9.17) is 10.8 Å². The summed E-state index contributed by atoms with van der Waals surface area (Å²) in [4.78, 5) is 33.6. The highest BCUT2D eigenvalue weighted by Crippen LogP contribution is 2.16. The fourth-order valence-corrected chi connectivity index (χ4v) is 1.56. The molecule has 1 aliphatic rings. The Morgan fingerprint density at radius 1 is 1.47 bits per heavy atom. The van der Waals surface area contributed by atoms with Crippen LogP contribution in [-0.2, 0) is 9.59 Å². The quantitative estimate of drug-likeness (QED) is 0.544. The predicted molar refractivity (Wildman–Crippen MR) is 50.0 cm³/mol. The van der Waals surface area contributed by atoms with Gasteiger partial charge in [0.05, 0.1) is 6.54 Å². The van der Waals surface area contributed by atoms with E-state index < -0.39 is 23.9 Å². The number of rotatable bonds is 3. The van der Waals surface area contributed by atoms with Crippen molar-refractivity contribution in [1.82, 2.24) is 10.2 Å². The van der Waals surface area contributed by atoms with Gasteiger partial charge in [-0.1, -0.05) is 0 Å². The van der Waals surface area contributed by atoms with E-state index in [1.807, 2.05) is 0 Å². The maximum Gasteiger partial charge on any atom is 0.407 e. The van der Waals surface area contributed by atoms with Crippen molar-refractivity contribution in [3.05, 3.63) is 0 Å². The van der Waals surface area contributed by atoms with Crippen molar-refractivity contribution in [3.8, 4) is 0 Å². The normalized spacial score (nSPS) is 20.0. The lowest BCUT2D eigenvalue weighted by Crippen LogP contribution is -2.47. The molecule has 0 aliphatic carbocycles. The number of hydrogen-bond donors (Lipinski definition) is 3. The molecule has 0 aromatic heterocycles. The molecule has 7 nitrogen and oxygen atoms in total. The van der Waals surface area contributed by atoms with E-state index in [1.54, 1.807) is 0 Å². The van der Waals surface area contributed by atoms with Crippen LogP contribution in [0, 0.1) is 0 Å². The van der Waals surface area contributed by atoms with Crippen LogP contribution in [-0.4, -0.2) is 47.0 Å². The Morgan fingerprint density at radius 2 is 2.13 bits per heavy atom. The van der Waals surface area contributed by atoms with Gasteiger partial charge in [-0.3, -0.25) is 14.5 Å². The topological polar surface area (TPSA) is 113 Å². The first-order valence-corrected chi connectivity index (χ1v) is 4.58. The lowest BCUT2D eigenvalue weighted by molar-refractivity contribution is -0.127. The van der Waals surface area contributed by atoms with E-state index in [1.165, 1.54) is 0 Å². The largest absolute Gasteiger partial charge is 0.465 e. The van der Waals surface area contributed by atoms with E-state index in [-0.39, 0.29) is 6.54 Å². The standard InChI is InChI=1S/C8H13N3O4/c9-6(12)4-10-7(13)5-2-1-3-11(5)8(14)15/h5H,1-4H2,(H2,9,12)(H,10,13)(H,14,15)/t5-/m1/s1. The highest BCUT2D eigenvalue weighted by Gasteiger charge is 2.33. The Hall–Kier alpha value is -1.79. The first kappa shape index (κ1) is 11.3. The van der Waals surface area contributed by atoms with Crippen LogP contribution in [0.25, 0.3) is 0 Å². The van der Waals surface area contributed by atoms with Gasteiger partial charge in [0.2, 0.25) is 11.8 Å². The summed E-state index contributed by atoms with van der Waals surface area (Å²) >= 11 is 0. The molecule has 7 heteroatoms. The fourth-order valence-electron chi connectivity index (χ4n) is 1.56. The van der Waals surface area contributed by atoms with Crippen molar-refractivity contribution in [2.24, 2.45) is 5.73 Å². The average molecular weight is 215 g/mol. The lowest BCUT2D eigenvalue weighted by Gasteiger charge is -2.20. The van der Waals surface area contributed by atoms with Crippen LogP contribution in [0.1, 0.15) is 12.8 Å². The molecule has 1 rings (SSSR count). The van der Waals surface area contributed by atoms with Crippen molar-refractivity contribution in [3.63, 3.8) is 0 Å². The minimum Gasteiger partial charge on any atom is -0.465 e. The van der Waals surface area contributed by atoms with Gasteiger partial charge in [0.1, 0.15) is 6.04 Å². The molecule has 0 aromatic carbocycles. The number of amides is 3. The summed E-state index contributed by atoms with van der Waals surface area (Å²) in [5, 5.41) is 11.1. The van der Waals surface area contributed by atoms with Crippen molar-refractivity contribution in [2.45, 2.75) is 18.9 Å². The highest BCUT2D eigenvalue weighted by atomic mass is 16.4. The van der Waals surface area contributed by atoms with Crippen LogP contribution in [0.5, 0.6) is 0 Å². The van der Waals surface area contributed by atoms with Crippen LogP contribution >= 0.6 is 0 Å². The molecule has 1 heterocycles.